The smallest absolute Gasteiger partial charge is 0.269 e. The second-order valence-electron chi connectivity index (χ2n) is 5.32. The molecule has 2 aromatic carbocycles. The maximum absolute atomic E-state index is 12.9. The van der Waals surface area contributed by atoms with E-state index in [1.807, 2.05) is 6.92 Å². The summed E-state index contributed by atoms with van der Waals surface area (Å²) in [4.78, 5) is 27.0. The van der Waals surface area contributed by atoms with Crippen LogP contribution in [0.5, 0.6) is 5.75 Å². The van der Waals surface area contributed by atoms with E-state index in [9.17, 15) is 9.59 Å². The highest BCUT2D eigenvalue weighted by atomic mass is 35.5. The van der Waals surface area contributed by atoms with Gasteiger partial charge in [0, 0.05) is 10.6 Å². The Hall–Kier alpha value is -2.79. The Balaban J connectivity index is 2.17. The molecular weight excluding hydrogens is 342 g/mol. The molecule has 0 atom stereocenters. The molecule has 3 rings (SSSR count). The lowest BCUT2D eigenvalue weighted by atomic mass is 9.93. The highest BCUT2D eigenvalue weighted by Crippen LogP contribution is 2.34. The normalized spacial score (nSPS) is 15.3. The third-order valence-electron chi connectivity index (χ3n) is 3.84. The number of carbonyl (C=O) groups excluding carboxylic acids is 2. The van der Waals surface area contributed by atoms with Crippen molar-refractivity contribution in [3.8, 4) is 5.75 Å². The number of nitrogens with zero attached hydrogens (tertiary/aromatic N) is 1. The molecule has 0 fully saturated rings. The summed E-state index contributed by atoms with van der Waals surface area (Å²) >= 11 is 5.90. The summed E-state index contributed by atoms with van der Waals surface area (Å²) in [7, 11) is 1.52. The first kappa shape index (κ1) is 17.0. The molecule has 0 aliphatic carbocycles. The second kappa shape index (κ2) is 6.99. The number of amides is 2. The molecule has 2 aromatic rings. The molecule has 25 heavy (non-hydrogen) atoms. The fourth-order valence-corrected chi connectivity index (χ4v) is 2.74. The topological polar surface area (TPSA) is 55.8 Å². The zero-order valence-electron chi connectivity index (χ0n) is 13.8. The molecule has 128 valence electrons. The van der Waals surface area contributed by atoms with Crippen molar-refractivity contribution in [3.63, 3.8) is 0 Å². The molecule has 0 bridgehead atoms. The number of ether oxygens (including phenoxy) is 2. The standard InChI is InChI=1S/C19H16ClNO4/c1-3-25-11-17-15-9-8-14(24-2)10-16(15)18(22)21(19(17)23)13-6-4-12(20)5-7-13/h4-11H,3H2,1-2H3. The summed E-state index contributed by atoms with van der Waals surface area (Å²) in [6.45, 7) is 2.23. The van der Waals surface area contributed by atoms with Gasteiger partial charge in [0.15, 0.2) is 0 Å². The molecule has 0 radical (unpaired) electrons. The SMILES string of the molecule is CCOC=C1C(=O)N(c2ccc(Cl)cc2)C(=O)c2cc(OC)ccc21. The van der Waals surface area contributed by atoms with Crippen LogP contribution >= 0.6 is 11.6 Å². The summed E-state index contributed by atoms with van der Waals surface area (Å²) in [6.07, 6.45) is 1.39. The van der Waals surface area contributed by atoms with Gasteiger partial charge in [0.05, 0.1) is 36.8 Å². The van der Waals surface area contributed by atoms with Crippen LogP contribution in [0.1, 0.15) is 22.8 Å². The van der Waals surface area contributed by atoms with Crippen molar-refractivity contribution in [1.29, 1.82) is 0 Å². The van der Waals surface area contributed by atoms with Gasteiger partial charge in [0.1, 0.15) is 5.75 Å². The maximum atomic E-state index is 12.9. The Bertz CT molecular complexity index is 858. The van der Waals surface area contributed by atoms with E-state index in [0.717, 1.165) is 4.90 Å². The molecule has 0 saturated carbocycles. The van der Waals surface area contributed by atoms with Gasteiger partial charge < -0.3 is 9.47 Å². The molecule has 1 aliphatic rings. The average Bonchev–Trinajstić information content (AvgIpc) is 2.63. The second-order valence-corrected chi connectivity index (χ2v) is 5.76. The number of benzene rings is 2. The number of anilines is 1. The lowest BCUT2D eigenvalue weighted by Crippen LogP contribution is -2.42. The van der Waals surface area contributed by atoms with Crippen LogP contribution in [0.3, 0.4) is 0 Å². The minimum Gasteiger partial charge on any atom is -0.501 e. The van der Waals surface area contributed by atoms with Gasteiger partial charge in [-0.1, -0.05) is 11.6 Å². The lowest BCUT2D eigenvalue weighted by molar-refractivity contribution is -0.113. The van der Waals surface area contributed by atoms with E-state index >= 15 is 0 Å². The summed E-state index contributed by atoms with van der Waals surface area (Å²) in [6, 6.07) is 11.5. The first-order chi connectivity index (χ1) is 12.1. The zero-order chi connectivity index (χ0) is 18.0. The molecule has 2 amide bonds. The Morgan fingerprint density at radius 2 is 1.76 bits per heavy atom. The number of halogens is 1. The van der Waals surface area contributed by atoms with Crippen molar-refractivity contribution in [1.82, 2.24) is 0 Å². The molecule has 0 saturated heterocycles. The predicted molar refractivity (Wildman–Crippen MR) is 95.9 cm³/mol. The number of carbonyl (C=O) groups is 2. The number of fused-ring (bicyclic) bond motifs is 1. The third kappa shape index (κ3) is 3.10. The van der Waals surface area contributed by atoms with Crippen LogP contribution in [-0.2, 0) is 9.53 Å². The number of imide groups is 1. The van der Waals surface area contributed by atoms with Crippen LogP contribution in [0.25, 0.3) is 5.57 Å². The van der Waals surface area contributed by atoms with Crippen LogP contribution in [0.4, 0.5) is 5.69 Å². The first-order valence-corrected chi connectivity index (χ1v) is 8.09. The van der Waals surface area contributed by atoms with Crippen LogP contribution < -0.4 is 9.64 Å². The molecule has 0 N–H and O–H groups in total. The summed E-state index contributed by atoms with van der Waals surface area (Å²) < 4.78 is 10.5. The largest absolute Gasteiger partial charge is 0.501 e. The molecule has 5 nitrogen and oxygen atoms in total. The van der Waals surface area contributed by atoms with Crippen LogP contribution in [0.2, 0.25) is 5.02 Å². The number of hydrogen-bond donors (Lipinski definition) is 0. The molecule has 1 aliphatic heterocycles. The summed E-state index contributed by atoms with van der Waals surface area (Å²) in [5.41, 5.74) is 1.65. The fraction of sp³-hybridized carbons (Fsp3) is 0.158. The molecule has 1 heterocycles. The summed E-state index contributed by atoms with van der Waals surface area (Å²) in [5.74, 6) is -0.332. The molecule has 6 heteroatoms. The van der Waals surface area contributed by atoms with E-state index in [-0.39, 0.29) is 0 Å². The molecular formula is C19H16ClNO4. The van der Waals surface area contributed by atoms with Crippen molar-refractivity contribution in [2.75, 3.05) is 18.6 Å². The Morgan fingerprint density at radius 3 is 2.40 bits per heavy atom. The Labute approximate surface area is 150 Å². The van der Waals surface area contributed by atoms with Gasteiger partial charge >= 0.3 is 0 Å². The van der Waals surface area contributed by atoms with Gasteiger partial charge in [-0.2, -0.15) is 0 Å². The van der Waals surface area contributed by atoms with E-state index in [0.29, 0.717) is 39.8 Å². The third-order valence-corrected chi connectivity index (χ3v) is 4.09. The fourth-order valence-electron chi connectivity index (χ4n) is 2.62. The first-order valence-electron chi connectivity index (χ1n) is 7.71. The van der Waals surface area contributed by atoms with E-state index in [2.05, 4.69) is 0 Å². The number of hydrogen-bond acceptors (Lipinski definition) is 4. The Kier molecular flexibility index (Phi) is 4.76. The van der Waals surface area contributed by atoms with E-state index in [1.54, 1.807) is 42.5 Å². The monoisotopic (exact) mass is 357 g/mol. The quantitative estimate of drug-likeness (QED) is 0.473. The van der Waals surface area contributed by atoms with Gasteiger partial charge in [-0.05, 0) is 49.4 Å². The van der Waals surface area contributed by atoms with E-state index in [4.69, 9.17) is 21.1 Å². The molecule has 0 aromatic heterocycles. The van der Waals surface area contributed by atoms with Crippen LogP contribution in [0, 0.1) is 0 Å². The van der Waals surface area contributed by atoms with Gasteiger partial charge in [0.2, 0.25) is 0 Å². The van der Waals surface area contributed by atoms with Crippen molar-refractivity contribution in [2.24, 2.45) is 0 Å². The van der Waals surface area contributed by atoms with Crippen molar-refractivity contribution in [2.45, 2.75) is 6.92 Å². The Morgan fingerprint density at radius 1 is 1.04 bits per heavy atom. The lowest BCUT2D eigenvalue weighted by Gasteiger charge is -2.28. The van der Waals surface area contributed by atoms with Crippen molar-refractivity contribution >= 4 is 34.7 Å². The van der Waals surface area contributed by atoms with Crippen LogP contribution in [0.15, 0.2) is 48.7 Å². The molecule has 0 spiro atoms. The minimum atomic E-state index is -0.446. The van der Waals surface area contributed by atoms with E-state index < -0.39 is 11.8 Å². The van der Waals surface area contributed by atoms with Gasteiger partial charge in [-0.3, -0.25) is 9.59 Å². The van der Waals surface area contributed by atoms with Crippen molar-refractivity contribution in [3.05, 3.63) is 64.9 Å². The average molecular weight is 358 g/mol. The van der Waals surface area contributed by atoms with Crippen molar-refractivity contribution < 1.29 is 19.1 Å². The van der Waals surface area contributed by atoms with E-state index in [1.165, 1.54) is 13.4 Å². The highest BCUT2D eigenvalue weighted by Gasteiger charge is 2.36. The van der Waals surface area contributed by atoms with Gasteiger partial charge in [-0.15, -0.1) is 0 Å². The minimum absolute atomic E-state index is 0.314. The number of methoxy groups -OCH3 is 1. The van der Waals surface area contributed by atoms with Crippen LogP contribution in [-0.4, -0.2) is 25.5 Å². The van der Waals surface area contributed by atoms with Gasteiger partial charge in [-0.25, -0.2) is 4.90 Å². The zero-order valence-corrected chi connectivity index (χ0v) is 14.5. The summed E-state index contributed by atoms with van der Waals surface area (Å²) in [5, 5.41) is 0.521. The predicted octanol–water partition coefficient (Wildman–Crippen LogP) is 3.91. The van der Waals surface area contributed by atoms with Gasteiger partial charge in [0.25, 0.3) is 11.8 Å². The molecule has 0 unspecified atom stereocenters. The maximum Gasteiger partial charge on any atom is 0.269 e. The highest BCUT2D eigenvalue weighted by molar-refractivity contribution is 6.41. The number of rotatable bonds is 4.